The third kappa shape index (κ3) is 52.3. The molecular formula is C60H108O6. The lowest BCUT2D eigenvalue weighted by molar-refractivity contribution is -0.167. The molecule has 0 aromatic rings. The van der Waals surface area contributed by atoms with Crippen LogP contribution in [-0.2, 0) is 28.6 Å². The minimum absolute atomic E-state index is 0.0713. The van der Waals surface area contributed by atoms with Crippen molar-refractivity contribution in [3.05, 3.63) is 48.6 Å². The summed E-state index contributed by atoms with van der Waals surface area (Å²) in [6.45, 7) is 6.54. The van der Waals surface area contributed by atoms with Gasteiger partial charge in [-0.15, -0.1) is 0 Å². The molecule has 66 heavy (non-hydrogen) atoms. The van der Waals surface area contributed by atoms with E-state index in [0.717, 1.165) is 89.9 Å². The van der Waals surface area contributed by atoms with Gasteiger partial charge in [-0.3, -0.25) is 14.4 Å². The summed E-state index contributed by atoms with van der Waals surface area (Å²) in [6, 6.07) is 0. The van der Waals surface area contributed by atoms with Gasteiger partial charge in [-0.05, 0) is 57.8 Å². The van der Waals surface area contributed by atoms with Crippen molar-refractivity contribution in [3.8, 4) is 0 Å². The van der Waals surface area contributed by atoms with Crippen LogP contribution in [-0.4, -0.2) is 37.2 Å². The lowest BCUT2D eigenvalue weighted by atomic mass is 10.0. The van der Waals surface area contributed by atoms with Crippen LogP contribution in [0.3, 0.4) is 0 Å². The van der Waals surface area contributed by atoms with Gasteiger partial charge in [-0.2, -0.15) is 0 Å². The Bertz CT molecular complexity index is 1150. The molecular weight excluding hydrogens is 817 g/mol. The van der Waals surface area contributed by atoms with Crippen molar-refractivity contribution < 1.29 is 28.6 Å². The molecule has 0 heterocycles. The fourth-order valence-corrected chi connectivity index (χ4v) is 8.32. The normalized spacial score (nSPS) is 12.3. The Morgan fingerprint density at radius 3 is 0.924 bits per heavy atom. The number of allylic oxidation sites excluding steroid dienone is 8. The molecule has 0 bridgehead atoms. The molecule has 0 saturated heterocycles. The maximum atomic E-state index is 12.8. The van der Waals surface area contributed by atoms with Crippen molar-refractivity contribution in [2.75, 3.05) is 13.2 Å². The molecule has 0 spiro atoms. The second-order valence-electron chi connectivity index (χ2n) is 19.2. The second kappa shape index (κ2) is 55.0. The summed E-state index contributed by atoms with van der Waals surface area (Å²) in [6.07, 6.45) is 66.7. The number of carbonyl (C=O) groups is 3. The van der Waals surface area contributed by atoms with Crippen LogP contribution in [0.25, 0.3) is 0 Å². The van der Waals surface area contributed by atoms with E-state index >= 15 is 0 Å². The highest BCUT2D eigenvalue weighted by Crippen LogP contribution is 2.17. The maximum Gasteiger partial charge on any atom is 0.306 e. The molecule has 6 heteroatoms. The van der Waals surface area contributed by atoms with Crippen LogP contribution in [0.2, 0.25) is 0 Å². The van der Waals surface area contributed by atoms with E-state index < -0.39 is 6.10 Å². The van der Waals surface area contributed by atoms with Crippen molar-refractivity contribution in [2.45, 2.75) is 303 Å². The fraction of sp³-hybridized carbons (Fsp3) is 0.817. The predicted molar refractivity (Wildman–Crippen MR) is 284 cm³/mol. The SMILES string of the molecule is CC/C=C\C/C=C\C/C=C\C/C=C\CCCCCCCCCCC(=O)OCC(COC(=O)CCCCCCCCCCCC)OC(=O)CCCCCCCCCCCCCCCCCCC. The number of carbonyl (C=O) groups excluding carboxylic acids is 3. The van der Waals surface area contributed by atoms with Crippen molar-refractivity contribution in [1.29, 1.82) is 0 Å². The number of hydrogen-bond donors (Lipinski definition) is 0. The van der Waals surface area contributed by atoms with Crippen molar-refractivity contribution >= 4 is 17.9 Å². The summed E-state index contributed by atoms with van der Waals surface area (Å²) < 4.78 is 16.8. The number of unbranched alkanes of at least 4 members (excludes halogenated alkanes) is 33. The maximum absolute atomic E-state index is 12.8. The van der Waals surface area contributed by atoms with Crippen LogP contribution in [0, 0.1) is 0 Å². The number of esters is 3. The molecule has 0 N–H and O–H groups in total. The lowest BCUT2D eigenvalue weighted by Crippen LogP contribution is -2.30. The number of hydrogen-bond acceptors (Lipinski definition) is 6. The van der Waals surface area contributed by atoms with E-state index in [-0.39, 0.29) is 31.1 Å². The van der Waals surface area contributed by atoms with Gasteiger partial charge in [0.25, 0.3) is 0 Å². The summed E-state index contributed by atoms with van der Waals surface area (Å²) >= 11 is 0. The van der Waals surface area contributed by atoms with Crippen molar-refractivity contribution in [2.24, 2.45) is 0 Å². The quantitative estimate of drug-likeness (QED) is 0.0262. The van der Waals surface area contributed by atoms with Crippen molar-refractivity contribution in [3.63, 3.8) is 0 Å². The molecule has 0 aliphatic rings. The standard InChI is InChI=1S/C60H108O6/c1-4-7-10-13-16-19-22-24-26-28-29-30-31-33-34-36-38-41-44-47-50-53-59(62)65-56-57(55-64-58(61)52-49-46-43-40-21-18-15-12-9-6-3)66-60(63)54-51-48-45-42-39-37-35-32-27-25-23-20-17-14-11-8-5-2/h7,10,16,19,24,26,29-30,57H,4-6,8-9,11-15,17-18,20-23,25,27-28,31-56H2,1-3H3/b10-7-,19-16-,26-24-,30-29-. The Kier molecular flexibility index (Phi) is 52.8. The molecule has 0 aromatic carbocycles. The average Bonchev–Trinajstić information content (AvgIpc) is 3.31. The molecule has 0 radical (unpaired) electrons. The van der Waals surface area contributed by atoms with E-state index in [4.69, 9.17) is 14.2 Å². The van der Waals surface area contributed by atoms with Gasteiger partial charge < -0.3 is 14.2 Å². The lowest BCUT2D eigenvalue weighted by Gasteiger charge is -2.18. The first-order valence-electron chi connectivity index (χ1n) is 28.6. The van der Waals surface area contributed by atoms with Gasteiger partial charge in [0.2, 0.25) is 0 Å². The van der Waals surface area contributed by atoms with E-state index in [0.29, 0.717) is 19.3 Å². The molecule has 0 fully saturated rings. The van der Waals surface area contributed by atoms with E-state index in [2.05, 4.69) is 69.4 Å². The Morgan fingerprint density at radius 1 is 0.318 bits per heavy atom. The molecule has 0 rings (SSSR count). The van der Waals surface area contributed by atoms with Crippen LogP contribution in [0.5, 0.6) is 0 Å². The monoisotopic (exact) mass is 925 g/mol. The molecule has 0 aliphatic heterocycles. The molecule has 6 nitrogen and oxygen atoms in total. The second-order valence-corrected chi connectivity index (χ2v) is 19.2. The van der Waals surface area contributed by atoms with Crippen molar-refractivity contribution in [1.82, 2.24) is 0 Å². The summed E-state index contributed by atoms with van der Waals surface area (Å²) in [5.74, 6) is -0.866. The van der Waals surface area contributed by atoms with Gasteiger partial charge in [0.1, 0.15) is 13.2 Å². The van der Waals surface area contributed by atoms with E-state index in [1.807, 2.05) is 0 Å². The summed E-state index contributed by atoms with van der Waals surface area (Å²) in [5, 5.41) is 0. The summed E-state index contributed by atoms with van der Waals surface area (Å²) in [4.78, 5) is 38.1. The molecule has 0 aromatic heterocycles. The van der Waals surface area contributed by atoms with Gasteiger partial charge in [0.05, 0.1) is 0 Å². The Hall–Kier alpha value is -2.63. The third-order valence-electron chi connectivity index (χ3n) is 12.6. The zero-order valence-corrected chi connectivity index (χ0v) is 44.0. The number of ether oxygens (including phenoxy) is 3. The number of rotatable bonds is 52. The van der Waals surface area contributed by atoms with E-state index in [1.165, 1.54) is 167 Å². The van der Waals surface area contributed by atoms with Crippen LogP contribution in [0.15, 0.2) is 48.6 Å². The topological polar surface area (TPSA) is 78.9 Å². The van der Waals surface area contributed by atoms with Crippen LogP contribution < -0.4 is 0 Å². The molecule has 384 valence electrons. The Labute approximate surface area is 409 Å². The first kappa shape index (κ1) is 63.4. The molecule has 0 aliphatic carbocycles. The van der Waals surface area contributed by atoms with Crippen LogP contribution >= 0.6 is 0 Å². The summed E-state index contributed by atoms with van der Waals surface area (Å²) in [5.41, 5.74) is 0. The van der Waals surface area contributed by atoms with Crippen LogP contribution in [0.1, 0.15) is 297 Å². The summed E-state index contributed by atoms with van der Waals surface area (Å²) in [7, 11) is 0. The highest BCUT2D eigenvalue weighted by molar-refractivity contribution is 5.71. The van der Waals surface area contributed by atoms with Gasteiger partial charge in [0, 0.05) is 19.3 Å². The van der Waals surface area contributed by atoms with E-state index in [1.54, 1.807) is 0 Å². The van der Waals surface area contributed by atoms with E-state index in [9.17, 15) is 14.4 Å². The molecule has 1 unspecified atom stereocenters. The molecule has 0 amide bonds. The molecule has 0 saturated carbocycles. The third-order valence-corrected chi connectivity index (χ3v) is 12.6. The minimum Gasteiger partial charge on any atom is -0.462 e. The first-order chi connectivity index (χ1) is 32.5. The highest BCUT2D eigenvalue weighted by atomic mass is 16.6. The largest absolute Gasteiger partial charge is 0.462 e. The fourth-order valence-electron chi connectivity index (χ4n) is 8.32. The van der Waals surface area contributed by atoms with Gasteiger partial charge in [-0.1, -0.05) is 268 Å². The predicted octanol–water partition coefficient (Wildman–Crippen LogP) is 19.0. The highest BCUT2D eigenvalue weighted by Gasteiger charge is 2.19. The smallest absolute Gasteiger partial charge is 0.306 e. The Morgan fingerprint density at radius 2 is 0.591 bits per heavy atom. The minimum atomic E-state index is -0.771. The van der Waals surface area contributed by atoms with Gasteiger partial charge >= 0.3 is 17.9 Å². The van der Waals surface area contributed by atoms with Gasteiger partial charge in [-0.25, -0.2) is 0 Å². The zero-order valence-electron chi connectivity index (χ0n) is 44.0. The zero-order chi connectivity index (χ0) is 47.9. The Balaban J connectivity index is 4.28. The van der Waals surface area contributed by atoms with Crippen LogP contribution in [0.4, 0.5) is 0 Å². The first-order valence-corrected chi connectivity index (χ1v) is 28.6. The van der Waals surface area contributed by atoms with Gasteiger partial charge in [0.15, 0.2) is 6.10 Å². The average molecular weight is 926 g/mol. The molecule has 1 atom stereocenters.